The van der Waals surface area contributed by atoms with Crippen LogP contribution in [0.2, 0.25) is 0 Å². The van der Waals surface area contributed by atoms with Gasteiger partial charge in [-0.3, -0.25) is 0 Å². The fourth-order valence-corrected chi connectivity index (χ4v) is 1.52. The molecule has 0 bridgehead atoms. The van der Waals surface area contributed by atoms with Crippen LogP contribution in [0.3, 0.4) is 0 Å². The standard InChI is InChI=1S/C11H7FN2O/c12-8-1-2-9-10(5-8)14-11(13-9)7-3-4-15-6-7/h1-6H,(H,13,14). The van der Waals surface area contributed by atoms with Crippen LogP contribution in [-0.4, -0.2) is 9.97 Å². The molecule has 1 N–H and O–H groups in total. The first kappa shape index (κ1) is 8.23. The Morgan fingerprint density at radius 2 is 2.20 bits per heavy atom. The topological polar surface area (TPSA) is 41.8 Å². The first-order chi connectivity index (χ1) is 7.33. The summed E-state index contributed by atoms with van der Waals surface area (Å²) < 4.78 is 17.9. The third-order valence-electron chi connectivity index (χ3n) is 2.24. The summed E-state index contributed by atoms with van der Waals surface area (Å²) in [5.74, 6) is 0.411. The van der Waals surface area contributed by atoms with Crippen molar-refractivity contribution in [1.29, 1.82) is 0 Å². The smallest absolute Gasteiger partial charge is 0.141 e. The van der Waals surface area contributed by atoms with Crippen LogP contribution < -0.4 is 0 Å². The van der Waals surface area contributed by atoms with E-state index < -0.39 is 0 Å². The Morgan fingerprint density at radius 1 is 1.27 bits per heavy atom. The van der Waals surface area contributed by atoms with E-state index in [-0.39, 0.29) is 5.82 Å². The number of aromatic nitrogens is 2. The summed E-state index contributed by atoms with van der Waals surface area (Å²) in [4.78, 5) is 7.34. The van der Waals surface area contributed by atoms with Crippen LogP contribution in [0.15, 0.2) is 41.2 Å². The number of furan rings is 1. The van der Waals surface area contributed by atoms with Crippen molar-refractivity contribution in [3.05, 3.63) is 42.6 Å². The van der Waals surface area contributed by atoms with E-state index in [1.807, 2.05) is 0 Å². The van der Waals surface area contributed by atoms with Crippen molar-refractivity contribution in [3.8, 4) is 11.4 Å². The average molecular weight is 202 g/mol. The molecule has 0 aliphatic carbocycles. The zero-order valence-corrected chi connectivity index (χ0v) is 7.70. The van der Waals surface area contributed by atoms with E-state index >= 15 is 0 Å². The molecule has 3 aromatic rings. The quantitative estimate of drug-likeness (QED) is 0.659. The minimum absolute atomic E-state index is 0.273. The number of nitrogens with one attached hydrogen (secondary N) is 1. The number of hydrogen-bond acceptors (Lipinski definition) is 2. The molecule has 0 spiro atoms. The van der Waals surface area contributed by atoms with Gasteiger partial charge in [-0.15, -0.1) is 0 Å². The summed E-state index contributed by atoms with van der Waals surface area (Å²) in [5, 5.41) is 0. The van der Waals surface area contributed by atoms with Gasteiger partial charge >= 0.3 is 0 Å². The number of benzene rings is 1. The van der Waals surface area contributed by atoms with Gasteiger partial charge < -0.3 is 9.40 Å². The molecule has 0 fully saturated rings. The number of imidazole rings is 1. The van der Waals surface area contributed by atoms with Gasteiger partial charge in [-0.25, -0.2) is 9.37 Å². The lowest BCUT2D eigenvalue weighted by atomic mass is 10.3. The third kappa shape index (κ3) is 1.30. The maximum absolute atomic E-state index is 12.9. The van der Waals surface area contributed by atoms with Crippen LogP contribution in [0.4, 0.5) is 4.39 Å². The van der Waals surface area contributed by atoms with Gasteiger partial charge in [0.05, 0.1) is 22.9 Å². The van der Waals surface area contributed by atoms with Crippen LogP contribution in [0, 0.1) is 5.82 Å². The fraction of sp³-hybridized carbons (Fsp3) is 0. The molecule has 3 nitrogen and oxygen atoms in total. The van der Waals surface area contributed by atoms with Crippen molar-refractivity contribution in [2.24, 2.45) is 0 Å². The van der Waals surface area contributed by atoms with Gasteiger partial charge in [0.1, 0.15) is 17.9 Å². The lowest BCUT2D eigenvalue weighted by Gasteiger charge is -1.86. The van der Waals surface area contributed by atoms with E-state index in [1.54, 1.807) is 24.7 Å². The predicted molar refractivity (Wildman–Crippen MR) is 53.8 cm³/mol. The third-order valence-corrected chi connectivity index (χ3v) is 2.24. The van der Waals surface area contributed by atoms with Crippen molar-refractivity contribution in [2.75, 3.05) is 0 Å². The molecule has 2 heterocycles. The van der Waals surface area contributed by atoms with E-state index in [2.05, 4.69) is 9.97 Å². The van der Waals surface area contributed by atoms with Crippen LogP contribution in [0.5, 0.6) is 0 Å². The Hall–Kier alpha value is -2.10. The van der Waals surface area contributed by atoms with Gasteiger partial charge in [-0.05, 0) is 24.3 Å². The highest BCUT2D eigenvalue weighted by molar-refractivity contribution is 5.79. The van der Waals surface area contributed by atoms with E-state index in [9.17, 15) is 4.39 Å². The molecule has 74 valence electrons. The zero-order chi connectivity index (χ0) is 10.3. The number of halogens is 1. The summed E-state index contributed by atoms with van der Waals surface area (Å²) >= 11 is 0. The fourth-order valence-electron chi connectivity index (χ4n) is 1.52. The molecule has 0 aliphatic heterocycles. The molecule has 0 saturated heterocycles. The number of H-pyrrole nitrogens is 1. The number of fused-ring (bicyclic) bond motifs is 1. The summed E-state index contributed by atoms with van der Waals surface area (Å²) in [5.41, 5.74) is 2.28. The molecule has 2 aromatic heterocycles. The average Bonchev–Trinajstić information content (AvgIpc) is 2.84. The second kappa shape index (κ2) is 2.95. The van der Waals surface area contributed by atoms with Gasteiger partial charge in [-0.2, -0.15) is 0 Å². The van der Waals surface area contributed by atoms with Gasteiger partial charge in [-0.1, -0.05) is 0 Å². The van der Waals surface area contributed by atoms with Crippen molar-refractivity contribution < 1.29 is 8.81 Å². The van der Waals surface area contributed by atoms with Gasteiger partial charge in [0.25, 0.3) is 0 Å². The van der Waals surface area contributed by atoms with Crippen LogP contribution >= 0.6 is 0 Å². The largest absolute Gasteiger partial charge is 0.472 e. The molecule has 4 heteroatoms. The monoisotopic (exact) mass is 202 g/mol. The second-order valence-electron chi connectivity index (χ2n) is 3.26. The Kier molecular flexibility index (Phi) is 1.62. The Bertz CT molecular complexity index is 598. The molecule has 3 rings (SSSR count). The maximum atomic E-state index is 12.9. The van der Waals surface area contributed by atoms with Gasteiger partial charge in [0, 0.05) is 0 Å². The SMILES string of the molecule is Fc1ccc2nc(-c3ccoc3)[nH]c2c1. The first-order valence-corrected chi connectivity index (χ1v) is 4.51. The minimum atomic E-state index is -0.273. The Labute approximate surface area is 84.6 Å². The highest BCUT2D eigenvalue weighted by Gasteiger charge is 2.06. The van der Waals surface area contributed by atoms with Crippen molar-refractivity contribution in [3.63, 3.8) is 0 Å². The van der Waals surface area contributed by atoms with Crippen molar-refractivity contribution >= 4 is 11.0 Å². The first-order valence-electron chi connectivity index (χ1n) is 4.51. The molecule has 15 heavy (non-hydrogen) atoms. The van der Waals surface area contributed by atoms with Gasteiger partial charge in [0.2, 0.25) is 0 Å². The number of hydrogen-bond donors (Lipinski definition) is 1. The lowest BCUT2D eigenvalue weighted by molar-refractivity contribution is 0.568. The van der Waals surface area contributed by atoms with Crippen LogP contribution in [0.25, 0.3) is 22.4 Å². The Morgan fingerprint density at radius 3 is 3.00 bits per heavy atom. The molecular weight excluding hydrogens is 195 g/mol. The molecule has 0 atom stereocenters. The summed E-state index contributed by atoms with van der Waals surface area (Å²) in [6, 6.07) is 6.26. The molecule has 0 unspecified atom stereocenters. The zero-order valence-electron chi connectivity index (χ0n) is 7.70. The Balaban J connectivity index is 2.22. The van der Waals surface area contributed by atoms with Crippen LogP contribution in [0.1, 0.15) is 0 Å². The van der Waals surface area contributed by atoms with E-state index in [0.717, 1.165) is 11.1 Å². The number of nitrogens with zero attached hydrogens (tertiary/aromatic N) is 1. The molecule has 0 aliphatic rings. The van der Waals surface area contributed by atoms with E-state index in [0.29, 0.717) is 11.3 Å². The molecular formula is C11H7FN2O. The molecule has 0 amide bonds. The normalized spacial score (nSPS) is 11.0. The molecule has 1 aromatic carbocycles. The summed E-state index contributed by atoms with van der Waals surface area (Å²) in [6.45, 7) is 0. The highest BCUT2D eigenvalue weighted by Crippen LogP contribution is 2.20. The van der Waals surface area contributed by atoms with Crippen molar-refractivity contribution in [1.82, 2.24) is 9.97 Å². The number of aromatic amines is 1. The molecule has 0 radical (unpaired) electrons. The maximum Gasteiger partial charge on any atom is 0.141 e. The predicted octanol–water partition coefficient (Wildman–Crippen LogP) is 2.96. The highest BCUT2D eigenvalue weighted by atomic mass is 19.1. The van der Waals surface area contributed by atoms with Crippen LogP contribution in [-0.2, 0) is 0 Å². The molecule has 0 saturated carbocycles. The minimum Gasteiger partial charge on any atom is -0.472 e. The van der Waals surface area contributed by atoms with Gasteiger partial charge in [0.15, 0.2) is 0 Å². The lowest BCUT2D eigenvalue weighted by Crippen LogP contribution is -1.74. The summed E-state index contributed by atoms with van der Waals surface area (Å²) in [7, 11) is 0. The number of rotatable bonds is 1. The van der Waals surface area contributed by atoms with E-state index in [4.69, 9.17) is 4.42 Å². The van der Waals surface area contributed by atoms with Crippen molar-refractivity contribution in [2.45, 2.75) is 0 Å². The second-order valence-corrected chi connectivity index (χ2v) is 3.26. The van der Waals surface area contributed by atoms with E-state index in [1.165, 1.54) is 12.1 Å². The summed E-state index contributed by atoms with van der Waals surface area (Å²) in [6.07, 6.45) is 3.16.